The molecule has 0 N–H and O–H groups in total. The molecule has 33 heavy (non-hydrogen) atoms. The summed E-state index contributed by atoms with van der Waals surface area (Å²) in [7, 11) is -3.04. The van der Waals surface area contributed by atoms with E-state index in [2.05, 4.69) is 6.92 Å². The van der Waals surface area contributed by atoms with Crippen LogP contribution in [0.1, 0.15) is 34.5 Å². The standard InChI is InChI=1S/C25H31N3O4S/c1-2-20-8-10-22(11-9-20)24(29)27-12-14-28(15-13-27)25(30)23(21-6-4-3-5-7-21)26-16-18-33(31,32)19-17-26/h3-11,23H,2,12-19H2,1H3. The van der Waals surface area contributed by atoms with Crippen LogP contribution in [0.4, 0.5) is 0 Å². The minimum atomic E-state index is -3.04. The van der Waals surface area contributed by atoms with Crippen LogP contribution in [0.25, 0.3) is 0 Å². The van der Waals surface area contributed by atoms with Crippen LogP contribution >= 0.6 is 0 Å². The largest absolute Gasteiger partial charge is 0.337 e. The van der Waals surface area contributed by atoms with Crippen LogP contribution in [0, 0.1) is 0 Å². The molecule has 0 saturated carbocycles. The Hall–Kier alpha value is -2.71. The summed E-state index contributed by atoms with van der Waals surface area (Å²) in [4.78, 5) is 32.1. The predicted molar refractivity (Wildman–Crippen MR) is 128 cm³/mol. The molecule has 0 spiro atoms. The third kappa shape index (κ3) is 5.45. The molecule has 2 saturated heterocycles. The lowest BCUT2D eigenvalue weighted by Gasteiger charge is -2.40. The molecule has 2 amide bonds. The number of aryl methyl sites for hydroxylation is 1. The number of piperazine rings is 1. The normalized spacial score (nSPS) is 19.8. The molecule has 1 atom stereocenters. The highest BCUT2D eigenvalue weighted by Crippen LogP contribution is 2.26. The van der Waals surface area contributed by atoms with E-state index in [9.17, 15) is 18.0 Å². The molecule has 2 aromatic carbocycles. The Labute approximate surface area is 195 Å². The molecule has 2 aliphatic heterocycles. The van der Waals surface area contributed by atoms with E-state index in [-0.39, 0.29) is 23.3 Å². The van der Waals surface area contributed by atoms with Gasteiger partial charge in [-0.1, -0.05) is 49.4 Å². The third-order valence-corrected chi connectivity index (χ3v) is 8.19. The Balaban J connectivity index is 1.44. The Morgan fingerprint density at radius 2 is 1.39 bits per heavy atom. The van der Waals surface area contributed by atoms with Crippen LogP contribution in [0.15, 0.2) is 54.6 Å². The Morgan fingerprint density at radius 1 is 0.818 bits per heavy atom. The van der Waals surface area contributed by atoms with Crippen LogP contribution in [-0.2, 0) is 21.1 Å². The van der Waals surface area contributed by atoms with E-state index in [1.54, 1.807) is 4.90 Å². The number of sulfone groups is 1. The lowest BCUT2D eigenvalue weighted by atomic mass is 10.0. The highest BCUT2D eigenvalue weighted by Gasteiger charge is 2.36. The maximum Gasteiger partial charge on any atom is 0.253 e. The number of carbonyl (C=O) groups excluding carboxylic acids is 2. The first kappa shape index (κ1) is 23.4. The number of amides is 2. The van der Waals surface area contributed by atoms with Gasteiger partial charge in [0.25, 0.3) is 5.91 Å². The van der Waals surface area contributed by atoms with Gasteiger partial charge in [0.2, 0.25) is 5.91 Å². The monoisotopic (exact) mass is 469 g/mol. The molecule has 0 aromatic heterocycles. The second-order valence-corrected chi connectivity index (χ2v) is 11.0. The minimum absolute atomic E-state index is 0.00871. The van der Waals surface area contributed by atoms with E-state index in [0.29, 0.717) is 44.8 Å². The molecule has 8 heteroatoms. The zero-order valence-electron chi connectivity index (χ0n) is 19.0. The van der Waals surface area contributed by atoms with E-state index >= 15 is 0 Å². The molecule has 2 heterocycles. The van der Waals surface area contributed by atoms with Gasteiger partial charge in [-0.3, -0.25) is 14.5 Å². The number of hydrogen-bond acceptors (Lipinski definition) is 5. The molecule has 176 valence electrons. The van der Waals surface area contributed by atoms with Crippen molar-refractivity contribution in [2.24, 2.45) is 0 Å². The van der Waals surface area contributed by atoms with Gasteiger partial charge in [-0.2, -0.15) is 0 Å². The molecule has 2 aliphatic rings. The van der Waals surface area contributed by atoms with E-state index in [0.717, 1.165) is 12.0 Å². The number of carbonyl (C=O) groups is 2. The van der Waals surface area contributed by atoms with Crippen molar-refractivity contribution in [3.63, 3.8) is 0 Å². The zero-order valence-corrected chi connectivity index (χ0v) is 19.8. The summed E-state index contributed by atoms with van der Waals surface area (Å²) in [5.74, 6) is 0.108. The van der Waals surface area contributed by atoms with Crippen LogP contribution < -0.4 is 0 Å². The first-order chi connectivity index (χ1) is 15.9. The second-order valence-electron chi connectivity index (χ2n) is 8.67. The highest BCUT2D eigenvalue weighted by atomic mass is 32.2. The van der Waals surface area contributed by atoms with Gasteiger partial charge in [-0.25, -0.2) is 8.42 Å². The van der Waals surface area contributed by atoms with E-state index < -0.39 is 15.9 Å². The van der Waals surface area contributed by atoms with Crippen molar-refractivity contribution in [1.29, 1.82) is 0 Å². The van der Waals surface area contributed by atoms with Gasteiger partial charge in [0, 0.05) is 44.8 Å². The summed E-state index contributed by atoms with van der Waals surface area (Å²) in [5, 5.41) is 0. The highest BCUT2D eigenvalue weighted by molar-refractivity contribution is 7.91. The summed E-state index contributed by atoms with van der Waals surface area (Å²) in [6.07, 6.45) is 0.931. The average Bonchev–Trinajstić information content (AvgIpc) is 2.85. The predicted octanol–water partition coefficient (Wildman–Crippen LogP) is 2.01. The van der Waals surface area contributed by atoms with E-state index in [1.165, 1.54) is 5.56 Å². The summed E-state index contributed by atoms with van der Waals surface area (Å²) in [6, 6.07) is 16.7. The van der Waals surface area contributed by atoms with Crippen LogP contribution in [0.3, 0.4) is 0 Å². The second kappa shape index (κ2) is 10.1. The first-order valence-corrected chi connectivity index (χ1v) is 13.4. The fraction of sp³-hybridized carbons (Fsp3) is 0.440. The summed E-state index contributed by atoms with van der Waals surface area (Å²) in [5.41, 5.74) is 2.74. The van der Waals surface area contributed by atoms with E-state index in [1.807, 2.05) is 64.4 Å². The molecule has 0 radical (unpaired) electrons. The fourth-order valence-corrected chi connectivity index (χ4v) is 5.73. The van der Waals surface area contributed by atoms with Crippen molar-refractivity contribution in [3.05, 3.63) is 71.3 Å². The third-order valence-electron chi connectivity index (χ3n) is 6.58. The van der Waals surface area contributed by atoms with Crippen LogP contribution in [-0.4, -0.2) is 85.7 Å². The average molecular weight is 470 g/mol. The Kier molecular flexibility index (Phi) is 7.14. The molecule has 1 unspecified atom stereocenters. The van der Waals surface area contributed by atoms with Crippen molar-refractivity contribution in [2.75, 3.05) is 50.8 Å². The van der Waals surface area contributed by atoms with Gasteiger partial charge in [0.15, 0.2) is 9.84 Å². The molecular formula is C25H31N3O4S. The van der Waals surface area contributed by atoms with Gasteiger partial charge in [0.1, 0.15) is 6.04 Å². The number of nitrogens with zero attached hydrogens (tertiary/aromatic N) is 3. The van der Waals surface area contributed by atoms with Crippen molar-refractivity contribution >= 4 is 21.7 Å². The summed E-state index contributed by atoms with van der Waals surface area (Å²) in [6.45, 7) is 4.67. The maximum absolute atomic E-state index is 13.6. The quantitative estimate of drug-likeness (QED) is 0.670. The van der Waals surface area contributed by atoms with Gasteiger partial charge in [0.05, 0.1) is 11.5 Å². The molecule has 7 nitrogen and oxygen atoms in total. The molecule has 0 bridgehead atoms. The Morgan fingerprint density at radius 3 is 1.97 bits per heavy atom. The minimum Gasteiger partial charge on any atom is -0.337 e. The molecule has 2 aromatic rings. The molecule has 0 aliphatic carbocycles. The zero-order chi connectivity index (χ0) is 23.4. The van der Waals surface area contributed by atoms with E-state index in [4.69, 9.17) is 0 Å². The number of hydrogen-bond donors (Lipinski definition) is 0. The first-order valence-electron chi connectivity index (χ1n) is 11.5. The summed E-state index contributed by atoms with van der Waals surface area (Å²) >= 11 is 0. The smallest absolute Gasteiger partial charge is 0.253 e. The van der Waals surface area contributed by atoms with Gasteiger partial charge < -0.3 is 9.80 Å². The van der Waals surface area contributed by atoms with Crippen molar-refractivity contribution < 1.29 is 18.0 Å². The SMILES string of the molecule is CCc1ccc(C(=O)N2CCN(C(=O)C(c3ccccc3)N3CCS(=O)(=O)CC3)CC2)cc1. The molecule has 4 rings (SSSR count). The van der Waals surface area contributed by atoms with Gasteiger partial charge in [-0.05, 0) is 29.7 Å². The lowest BCUT2D eigenvalue weighted by molar-refractivity contribution is -0.138. The lowest BCUT2D eigenvalue weighted by Crippen LogP contribution is -2.54. The van der Waals surface area contributed by atoms with Crippen LogP contribution in [0.5, 0.6) is 0 Å². The van der Waals surface area contributed by atoms with Gasteiger partial charge in [-0.15, -0.1) is 0 Å². The van der Waals surface area contributed by atoms with Crippen LogP contribution in [0.2, 0.25) is 0 Å². The van der Waals surface area contributed by atoms with Gasteiger partial charge >= 0.3 is 0 Å². The summed E-state index contributed by atoms with van der Waals surface area (Å²) < 4.78 is 23.8. The topological polar surface area (TPSA) is 78.0 Å². The number of rotatable bonds is 5. The van der Waals surface area contributed by atoms with Crippen molar-refractivity contribution in [3.8, 4) is 0 Å². The maximum atomic E-state index is 13.6. The fourth-order valence-electron chi connectivity index (χ4n) is 4.50. The Bertz CT molecular complexity index is 1060. The van der Waals surface area contributed by atoms with Crippen molar-refractivity contribution in [2.45, 2.75) is 19.4 Å². The van der Waals surface area contributed by atoms with Crippen molar-refractivity contribution in [1.82, 2.24) is 14.7 Å². The molecule has 2 fully saturated rings. The number of benzene rings is 2. The molecular weight excluding hydrogens is 438 g/mol.